The van der Waals surface area contributed by atoms with Crippen molar-refractivity contribution in [1.82, 2.24) is 4.98 Å². The van der Waals surface area contributed by atoms with E-state index in [0.29, 0.717) is 11.3 Å². The minimum atomic E-state index is -1.07. The van der Waals surface area contributed by atoms with Crippen LogP contribution in [0.3, 0.4) is 0 Å². The van der Waals surface area contributed by atoms with Crippen LogP contribution in [0.25, 0.3) is 0 Å². The van der Waals surface area contributed by atoms with Crippen molar-refractivity contribution in [3.8, 4) is 6.07 Å². The van der Waals surface area contributed by atoms with Crippen molar-refractivity contribution in [1.29, 1.82) is 5.26 Å². The third-order valence-electron chi connectivity index (χ3n) is 1.81. The van der Waals surface area contributed by atoms with Gasteiger partial charge in [-0.25, -0.2) is 9.78 Å². The minimum Gasteiger partial charge on any atom is -0.477 e. The van der Waals surface area contributed by atoms with Crippen LogP contribution in [-0.4, -0.2) is 16.1 Å². The lowest BCUT2D eigenvalue weighted by Crippen LogP contribution is -2.05. The van der Waals surface area contributed by atoms with Gasteiger partial charge >= 0.3 is 5.97 Å². The van der Waals surface area contributed by atoms with Crippen molar-refractivity contribution in [2.75, 3.05) is 0 Å². The molecule has 0 spiro atoms. The summed E-state index contributed by atoms with van der Waals surface area (Å²) in [6.45, 7) is 3.74. The summed E-state index contributed by atoms with van der Waals surface area (Å²) in [5.74, 6) is -1.03. The number of nitrogens with zero attached hydrogens (tertiary/aromatic N) is 2. The molecule has 14 heavy (non-hydrogen) atoms. The number of carbonyl (C=O) groups is 1. The molecule has 0 saturated carbocycles. The molecule has 0 aliphatic carbocycles. The first kappa shape index (κ1) is 10.2. The number of aromatic nitrogens is 1. The summed E-state index contributed by atoms with van der Waals surface area (Å²) in [6, 6.07) is 4.82. The Morgan fingerprint density at radius 1 is 1.57 bits per heavy atom. The van der Waals surface area contributed by atoms with Gasteiger partial charge in [-0.15, -0.1) is 0 Å². The molecule has 1 heterocycles. The molecule has 1 N–H and O–H groups in total. The fraction of sp³-hybridized carbons (Fsp3) is 0.300. The van der Waals surface area contributed by atoms with Gasteiger partial charge < -0.3 is 5.11 Å². The zero-order valence-electron chi connectivity index (χ0n) is 7.98. The van der Waals surface area contributed by atoms with Crippen LogP contribution in [0.5, 0.6) is 0 Å². The maximum absolute atomic E-state index is 10.6. The molecule has 0 unspecified atom stereocenters. The lowest BCUT2D eigenvalue weighted by Gasteiger charge is -2.06. The van der Waals surface area contributed by atoms with Crippen LogP contribution in [0, 0.1) is 11.3 Å². The fourth-order valence-electron chi connectivity index (χ4n) is 1.13. The van der Waals surface area contributed by atoms with Crippen LogP contribution in [0.2, 0.25) is 0 Å². The van der Waals surface area contributed by atoms with E-state index >= 15 is 0 Å². The maximum Gasteiger partial charge on any atom is 0.354 e. The van der Waals surface area contributed by atoms with Crippen molar-refractivity contribution in [3.63, 3.8) is 0 Å². The summed E-state index contributed by atoms with van der Waals surface area (Å²) in [5, 5.41) is 17.5. The highest BCUT2D eigenvalue weighted by molar-refractivity contribution is 5.85. The molecule has 0 radical (unpaired) electrons. The number of hydrogen-bond donors (Lipinski definition) is 1. The van der Waals surface area contributed by atoms with Crippen molar-refractivity contribution < 1.29 is 9.90 Å². The van der Waals surface area contributed by atoms with Crippen LogP contribution >= 0.6 is 0 Å². The van der Waals surface area contributed by atoms with Crippen LogP contribution in [0.15, 0.2) is 12.1 Å². The maximum atomic E-state index is 10.6. The zero-order chi connectivity index (χ0) is 10.7. The molecular formula is C10H10N2O2. The quantitative estimate of drug-likeness (QED) is 0.771. The van der Waals surface area contributed by atoms with E-state index in [2.05, 4.69) is 4.98 Å². The van der Waals surface area contributed by atoms with Gasteiger partial charge in [0.1, 0.15) is 11.8 Å². The number of carboxylic acids is 1. The van der Waals surface area contributed by atoms with Gasteiger partial charge in [-0.1, -0.05) is 13.8 Å². The second-order valence-electron chi connectivity index (χ2n) is 3.20. The Morgan fingerprint density at radius 3 is 2.64 bits per heavy atom. The molecule has 1 rings (SSSR count). The Kier molecular flexibility index (Phi) is 2.82. The summed E-state index contributed by atoms with van der Waals surface area (Å²) in [7, 11) is 0. The second kappa shape index (κ2) is 3.88. The fourth-order valence-corrected chi connectivity index (χ4v) is 1.13. The van der Waals surface area contributed by atoms with Gasteiger partial charge in [-0.3, -0.25) is 0 Å². The van der Waals surface area contributed by atoms with Crippen molar-refractivity contribution in [2.24, 2.45) is 0 Å². The van der Waals surface area contributed by atoms with E-state index in [1.165, 1.54) is 12.1 Å². The number of aromatic carboxylic acids is 1. The number of pyridine rings is 1. The van der Waals surface area contributed by atoms with Gasteiger partial charge in [0.05, 0.1) is 11.3 Å². The van der Waals surface area contributed by atoms with E-state index in [-0.39, 0.29) is 11.6 Å². The van der Waals surface area contributed by atoms with Crippen LogP contribution in [-0.2, 0) is 0 Å². The summed E-state index contributed by atoms with van der Waals surface area (Å²) < 4.78 is 0. The molecule has 0 fully saturated rings. The van der Waals surface area contributed by atoms with Crippen LogP contribution in [0.1, 0.15) is 41.5 Å². The SMILES string of the molecule is CC(C)c1nc(C(=O)O)ccc1C#N. The predicted molar refractivity (Wildman–Crippen MR) is 50.0 cm³/mol. The van der Waals surface area contributed by atoms with Gasteiger partial charge in [-0.05, 0) is 18.1 Å². The van der Waals surface area contributed by atoms with E-state index in [9.17, 15) is 4.79 Å². The topological polar surface area (TPSA) is 74.0 Å². The van der Waals surface area contributed by atoms with E-state index in [4.69, 9.17) is 10.4 Å². The number of nitriles is 1. The third kappa shape index (κ3) is 1.88. The van der Waals surface area contributed by atoms with Crippen LogP contribution in [0.4, 0.5) is 0 Å². The van der Waals surface area contributed by atoms with E-state index < -0.39 is 5.97 Å². The molecule has 4 heteroatoms. The lowest BCUT2D eigenvalue weighted by molar-refractivity contribution is 0.0690. The molecule has 0 aromatic carbocycles. The predicted octanol–water partition coefficient (Wildman–Crippen LogP) is 1.77. The molecule has 72 valence electrons. The zero-order valence-corrected chi connectivity index (χ0v) is 7.98. The highest BCUT2D eigenvalue weighted by Crippen LogP contribution is 2.16. The molecule has 0 bridgehead atoms. The minimum absolute atomic E-state index is 0.0206. The van der Waals surface area contributed by atoms with Gasteiger partial charge in [0, 0.05) is 0 Å². The molecule has 4 nitrogen and oxygen atoms in total. The molecule has 0 saturated heterocycles. The first-order valence-corrected chi connectivity index (χ1v) is 4.20. The van der Waals surface area contributed by atoms with Crippen molar-refractivity contribution >= 4 is 5.97 Å². The van der Waals surface area contributed by atoms with E-state index in [1.807, 2.05) is 19.9 Å². The number of carboxylic acid groups (broad SMARTS) is 1. The van der Waals surface area contributed by atoms with Gasteiger partial charge in [0.15, 0.2) is 0 Å². The molecule has 0 amide bonds. The van der Waals surface area contributed by atoms with E-state index in [0.717, 1.165) is 0 Å². The second-order valence-corrected chi connectivity index (χ2v) is 3.20. The lowest BCUT2D eigenvalue weighted by atomic mass is 10.0. The molecule has 0 atom stereocenters. The average molecular weight is 190 g/mol. The summed E-state index contributed by atoms with van der Waals surface area (Å²) in [4.78, 5) is 14.6. The Morgan fingerprint density at radius 2 is 2.21 bits per heavy atom. The molecule has 0 aliphatic rings. The average Bonchev–Trinajstić information content (AvgIpc) is 2.16. The monoisotopic (exact) mass is 190 g/mol. The normalized spacial score (nSPS) is 9.86. The standard InChI is InChI=1S/C10H10N2O2/c1-6(2)9-7(5-11)3-4-8(12-9)10(13)14/h3-4,6H,1-2H3,(H,13,14). The van der Waals surface area contributed by atoms with Crippen molar-refractivity contribution in [2.45, 2.75) is 19.8 Å². The van der Waals surface area contributed by atoms with Crippen molar-refractivity contribution in [3.05, 3.63) is 29.1 Å². The summed E-state index contributed by atoms with van der Waals surface area (Å²) in [6.07, 6.45) is 0. The summed E-state index contributed by atoms with van der Waals surface area (Å²) in [5.41, 5.74) is 0.949. The molecular weight excluding hydrogens is 180 g/mol. The Hall–Kier alpha value is -1.89. The third-order valence-corrected chi connectivity index (χ3v) is 1.81. The van der Waals surface area contributed by atoms with Gasteiger partial charge in [0.2, 0.25) is 0 Å². The Labute approximate surface area is 81.8 Å². The largest absolute Gasteiger partial charge is 0.477 e. The van der Waals surface area contributed by atoms with E-state index in [1.54, 1.807) is 0 Å². The first-order chi connectivity index (χ1) is 6.56. The summed E-state index contributed by atoms with van der Waals surface area (Å²) >= 11 is 0. The highest BCUT2D eigenvalue weighted by atomic mass is 16.4. The van der Waals surface area contributed by atoms with Crippen LogP contribution < -0.4 is 0 Å². The Balaban J connectivity index is 3.29. The Bertz CT molecular complexity index is 405. The molecule has 0 aliphatic heterocycles. The molecule has 1 aromatic heterocycles. The molecule has 1 aromatic rings. The van der Waals surface area contributed by atoms with Gasteiger partial charge in [-0.2, -0.15) is 5.26 Å². The van der Waals surface area contributed by atoms with Gasteiger partial charge in [0.25, 0.3) is 0 Å². The number of hydrogen-bond acceptors (Lipinski definition) is 3. The first-order valence-electron chi connectivity index (χ1n) is 4.20. The highest BCUT2D eigenvalue weighted by Gasteiger charge is 2.12. The number of rotatable bonds is 2. The smallest absolute Gasteiger partial charge is 0.354 e.